The van der Waals surface area contributed by atoms with Gasteiger partial charge in [0.2, 0.25) is 0 Å². The first-order chi connectivity index (χ1) is 10.1. The number of halogens is 1. The Labute approximate surface area is 133 Å². The molecular formula is C17H15ClN2S. The van der Waals surface area contributed by atoms with Crippen molar-refractivity contribution < 1.29 is 0 Å². The Hall–Kier alpha value is -1.71. The second kappa shape index (κ2) is 5.96. The molecule has 4 heteroatoms. The van der Waals surface area contributed by atoms with Gasteiger partial charge in [-0.15, -0.1) is 11.8 Å². The minimum Gasteiger partial charge on any atom is -0.398 e. The average molecular weight is 315 g/mol. The molecule has 2 aromatic carbocycles. The number of hydrogen-bond donors (Lipinski definition) is 1. The summed E-state index contributed by atoms with van der Waals surface area (Å²) in [6.07, 6.45) is 0. The van der Waals surface area contributed by atoms with Crippen molar-refractivity contribution in [1.29, 1.82) is 0 Å². The highest BCUT2D eigenvalue weighted by Gasteiger charge is 2.06. The normalized spacial score (nSPS) is 11.0. The predicted octanol–water partition coefficient (Wildman–Crippen LogP) is 5.07. The van der Waals surface area contributed by atoms with Gasteiger partial charge in [0.15, 0.2) is 0 Å². The highest BCUT2D eigenvalue weighted by Crippen LogP contribution is 2.32. The molecule has 0 bridgehead atoms. The largest absolute Gasteiger partial charge is 0.398 e. The van der Waals surface area contributed by atoms with Crippen molar-refractivity contribution in [2.24, 2.45) is 0 Å². The van der Waals surface area contributed by atoms with E-state index in [1.807, 2.05) is 37.3 Å². The Kier molecular flexibility index (Phi) is 4.04. The lowest BCUT2D eigenvalue weighted by molar-refractivity contribution is 1.23. The number of benzene rings is 2. The molecule has 0 aliphatic rings. The van der Waals surface area contributed by atoms with Crippen molar-refractivity contribution in [3.8, 4) is 0 Å². The monoisotopic (exact) mass is 314 g/mol. The Balaban J connectivity index is 1.91. The van der Waals surface area contributed by atoms with E-state index >= 15 is 0 Å². The van der Waals surface area contributed by atoms with Gasteiger partial charge in [-0.3, -0.25) is 4.98 Å². The maximum Gasteiger partial charge on any atom is 0.0708 e. The fraction of sp³-hybridized carbons (Fsp3) is 0.118. The van der Waals surface area contributed by atoms with Crippen molar-refractivity contribution in [2.45, 2.75) is 17.6 Å². The van der Waals surface area contributed by atoms with Gasteiger partial charge in [-0.25, -0.2) is 0 Å². The third-order valence-corrected chi connectivity index (χ3v) is 4.66. The first kappa shape index (κ1) is 14.2. The number of anilines is 1. The molecule has 0 unspecified atom stereocenters. The van der Waals surface area contributed by atoms with Gasteiger partial charge in [-0.2, -0.15) is 0 Å². The van der Waals surface area contributed by atoms with Gasteiger partial charge in [0.05, 0.1) is 5.52 Å². The van der Waals surface area contributed by atoms with Crippen LogP contribution in [-0.2, 0) is 5.75 Å². The zero-order chi connectivity index (χ0) is 14.8. The molecule has 0 aliphatic carbocycles. The third-order valence-electron chi connectivity index (χ3n) is 3.28. The van der Waals surface area contributed by atoms with Gasteiger partial charge in [0, 0.05) is 32.4 Å². The summed E-state index contributed by atoms with van der Waals surface area (Å²) in [5.74, 6) is 0.857. The number of para-hydroxylation sites is 1. The van der Waals surface area contributed by atoms with Crippen LogP contribution in [0.4, 0.5) is 5.69 Å². The number of hydrogen-bond acceptors (Lipinski definition) is 3. The van der Waals surface area contributed by atoms with E-state index in [-0.39, 0.29) is 0 Å². The molecule has 0 fully saturated rings. The van der Waals surface area contributed by atoms with E-state index in [1.54, 1.807) is 17.8 Å². The van der Waals surface area contributed by atoms with Crippen LogP contribution in [-0.4, -0.2) is 4.98 Å². The number of aryl methyl sites for hydroxylation is 1. The standard InChI is InChI=1S/C17H15ClN2S/c1-11-8-12(14-4-2-3-5-16(14)20-11)10-21-17-7-6-13(18)9-15(17)19/h2-9H,10,19H2,1H3. The fourth-order valence-corrected chi connectivity index (χ4v) is 3.44. The van der Waals surface area contributed by atoms with Crippen molar-refractivity contribution in [2.75, 3.05) is 5.73 Å². The summed E-state index contributed by atoms with van der Waals surface area (Å²) in [6, 6.07) is 16.0. The number of fused-ring (bicyclic) bond motifs is 1. The zero-order valence-electron chi connectivity index (χ0n) is 11.6. The molecule has 0 amide bonds. The second-order valence-corrected chi connectivity index (χ2v) is 6.36. The van der Waals surface area contributed by atoms with Gasteiger partial charge < -0.3 is 5.73 Å². The Morgan fingerprint density at radius 1 is 1.14 bits per heavy atom. The van der Waals surface area contributed by atoms with Crippen molar-refractivity contribution in [3.63, 3.8) is 0 Å². The molecule has 2 nitrogen and oxygen atoms in total. The molecule has 3 rings (SSSR count). The molecule has 0 saturated carbocycles. The Bertz CT molecular complexity index is 802. The van der Waals surface area contributed by atoms with Crippen LogP contribution < -0.4 is 5.73 Å². The first-order valence-corrected chi connectivity index (χ1v) is 8.03. The smallest absolute Gasteiger partial charge is 0.0708 e. The van der Waals surface area contributed by atoms with Crippen molar-refractivity contribution in [1.82, 2.24) is 4.98 Å². The summed E-state index contributed by atoms with van der Waals surface area (Å²) in [5, 5.41) is 1.87. The molecule has 0 aliphatic heterocycles. The van der Waals surface area contributed by atoms with Crippen LogP contribution in [0.1, 0.15) is 11.3 Å². The summed E-state index contributed by atoms with van der Waals surface area (Å²) in [5.41, 5.74) is 10.1. The highest BCUT2D eigenvalue weighted by molar-refractivity contribution is 7.98. The molecule has 0 spiro atoms. The average Bonchev–Trinajstić information content (AvgIpc) is 2.46. The molecule has 1 aromatic heterocycles. The fourth-order valence-electron chi connectivity index (χ4n) is 2.32. The van der Waals surface area contributed by atoms with Gasteiger partial charge in [-0.1, -0.05) is 29.8 Å². The Morgan fingerprint density at radius 3 is 2.76 bits per heavy atom. The number of nitrogens with zero attached hydrogens (tertiary/aromatic N) is 1. The number of pyridine rings is 1. The van der Waals surface area contributed by atoms with Crippen LogP contribution in [0.15, 0.2) is 53.4 Å². The topological polar surface area (TPSA) is 38.9 Å². The van der Waals surface area contributed by atoms with E-state index in [0.29, 0.717) is 5.02 Å². The molecule has 1 heterocycles. The lowest BCUT2D eigenvalue weighted by Gasteiger charge is -2.09. The minimum atomic E-state index is 0.669. The molecular weight excluding hydrogens is 300 g/mol. The van der Waals surface area contributed by atoms with Crippen molar-refractivity contribution >= 4 is 40.0 Å². The molecule has 0 atom stereocenters. The summed E-state index contributed by atoms with van der Waals surface area (Å²) in [6.45, 7) is 2.03. The highest BCUT2D eigenvalue weighted by atomic mass is 35.5. The number of rotatable bonds is 3. The third kappa shape index (κ3) is 3.14. The lowest BCUT2D eigenvalue weighted by Crippen LogP contribution is -1.92. The van der Waals surface area contributed by atoms with E-state index in [4.69, 9.17) is 17.3 Å². The van der Waals surface area contributed by atoms with E-state index < -0.39 is 0 Å². The van der Waals surface area contributed by atoms with Crippen LogP contribution in [0.3, 0.4) is 0 Å². The van der Waals surface area contributed by atoms with Crippen molar-refractivity contribution in [3.05, 3.63) is 64.8 Å². The number of nitrogens with two attached hydrogens (primary N) is 1. The van der Waals surface area contributed by atoms with Crippen LogP contribution in [0, 0.1) is 6.92 Å². The summed E-state index contributed by atoms with van der Waals surface area (Å²) in [4.78, 5) is 5.62. The molecule has 0 radical (unpaired) electrons. The number of nitrogen functional groups attached to an aromatic ring is 1. The SMILES string of the molecule is Cc1cc(CSc2ccc(Cl)cc2N)c2ccccc2n1. The molecule has 3 aromatic rings. The van der Waals surface area contributed by atoms with Crippen LogP contribution in [0.25, 0.3) is 10.9 Å². The van der Waals surface area contributed by atoms with Gasteiger partial charge >= 0.3 is 0 Å². The summed E-state index contributed by atoms with van der Waals surface area (Å²) < 4.78 is 0. The number of aromatic nitrogens is 1. The quantitative estimate of drug-likeness (QED) is 0.542. The zero-order valence-corrected chi connectivity index (χ0v) is 13.2. The van der Waals surface area contributed by atoms with E-state index in [9.17, 15) is 0 Å². The molecule has 0 saturated heterocycles. The minimum absolute atomic E-state index is 0.669. The molecule has 21 heavy (non-hydrogen) atoms. The summed E-state index contributed by atoms with van der Waals surface area (Å²) in [7, 11) is 0. The maximum absolute atomic E-state index is 6.01. The molecule has 106 valence electrons. The predicted molar refractivity (Wildman–Crippen MR) is 91.9 cm³/mol. The van der Waals surface area contributed by atoms with Crippen LogP contribution in [0.5, 0.6) is 0 Å². The van der Waals surface area contributed by atoms with E-state index in [0.717, 1.165) is 27.5 Å². The van der Waals surface area contributed by atoms with Gasteiger partial charge in [-0.05, 0) is 42.8 Å². The van der Waals surface area contributed by atoms with Crippen LogP contribution in [0.2, 0.25) is 5.02 Å². The summed E-state index contributed by atoms with van der Waals surface area (Å²) >= 11 is 7.66. The van der Waals surface area contributed by atoms with Crippen LogP contribution >= 0.6 is 23.4 Å². The Morgan fingerprint density at radius 2 is 1.95 bits per heavy atom. The van der Waals surface area contributed by atoms with Gasteiger partial charge in [0.1, 0.15) is 0 Å². The first-order valence-electron chi connectivity index (χ1n) is 6.66. The maximum atomic E-state index is 6.01. The number of thioether (sulfide) groups is 1. The van der Waals surface area contributed by atoms with E-state index in [2.05, 4.69) is 17.1 Å². The van der Waals surface area contributed by atoms with E-state index in [1.165, 1.54) is 10.9 Å². The molecule has 2 N–H and O–H groups in total. The lowest BCUT2D eigenvalue weighted by atomic mass is 10.1. The second-order valence-electron chi connectivity index (χ2n) is 4.91. The van der Waals surface area contributed by atoms with Gasteiger partial charge in [0.25, 0.3) is 0 Å².